The number of hydrogen-bond donors (Lipinski definition) is 2. The first-order valence-corrected chi connectivity index (χ1v) is 8.47. The van der Waals surface area contributed by atoms with Crippen LogP contribution in [0.4, 0.5) is 5.69 Å². The highest BCUT2D eigenvalue weighted by Gasteiger charge is 2.04. The molecule has 7 nitrogen and oxygen atoms in total. The van der Waals surface area contributed by atoms with E-state index in [2.05, 4.69) is 15.6 Å². The normalized spacial score (nSPS) is 11.3. The molecule has 0 aliphatic rings. The SMILES string of the molecule is CCNC(=NCc1ccco1)NCCCCc1ccc([N+](=O)[O-])cc1. The lowest BCUT2D eigenvalue weighted by Crippen LogP contribution is -2.37. The quantitative estimate of drug-likeness (QED) is 0.239. The van der Waals surface area contributed by atoms with Crippen molar-refractivity contribution in [2.75, 3.05) is 13.1 Å². The predicted molar refractivity (Wildman–Crippen MR) is 97.6 cm³/mol. The number of nitrogens with zero attached hydrogens (tertiary/aromatic N) is 2. The van der Waals surface area contributed by atoms with E-state index in [0.29, 0.717) is 6.54 Å². The average Bonchev–Trinajstić information content (AvgIpc) is 3.13. The molecule has 7 heteroatoms. The Kier molecular flexibility index (Phi) is 7.49. The van der Waals surface area contributed by atoms with Gasteiger partial charge in [0.05, 0.1) is 11.2 Å². The largest absolute Gasteiger partial charge is 0.467 e. The highest BCUT2D eigenvalue weighted by molar-refractivity contribution is 5.79. The molecule has 1 heterocycles. The topological polar surface area (TPSA) is 92.7 Å². The minimum Gasteiger partial charge on any atom is -0.467 e. The van der Waals surface area contributed by atoms with E-state index < -0.39 is 0 Å². The minimum atomic E-state index is -0.377. The van der Waals surface area contributed by atoms with Gasteiger partial charge in [0.1, 0.15) is 12.3 Å². The van der Waals surface area contributed by atoms with Gasteiger partial charge in [-0.3, -0.25) is 10.1 Å². The summed E-state index contributed by atoms with van der Waals surface area (Å²) < 4.78 is 5.27. The van der Waals surface area contributed by atoms with Gasteiger partial charge in [-0.1, -0.05) is 12.1 Å². The second kappa shape index (κ2) is 10.1. The molecule has 0 saturated carbocycles. The van der Waals surface area contributed by atoms with Crippen LogP contribution in [-0.2, 0) is 13.0 Å². The Balaban J connectivity index is 1.69. The molecule has 25 heavy (non-hydrogen) atoms. The van der Waals surface area contributed by atoms with Gasteiger partial charge in [-0.05, 0) is 43.9 Å². The number of aryl methyl sites for hydroxylation is 1. The maximum atomic E-state index is 10.6. The Morgan fingerprint density at radius 2 is 2.00 bits per heavy atom. The fourth-order valence-corrected chi connectivity index (χ4v) is 2.35. The number of non-ortho nitro benzene ring substituents is 1. The Labute approximate surface area is 147 Å². The summed E-state index contributed by atoms with van der Waals surface area (Å²) in [6.07, 6.45) is 4.54. The summed E-state index contributed by atoms with van der Waals surface area (Å²) in [5, 5.41) is 17.1. The molecule has 0 aliphatic heterocycles. The van der Waals surface area contributed by atoms with Crippen LogP contribution in [0.1, 0.15) is 31.1 Å². The van der Waals surface area contributed by atoms with Gasteiger partial charge in [-0.2, -0.15) is 0 Å². The first kappa shape index (κ1) is 18.5. The number of nitro groups is 1. The summed E-state index contributed by atoms with van der Waals surface area (Å²) in [4.78, 5) is 14.7. The zero-order valence-corrected chi connectivity index (χ0v) is 14.4. The molecule has 0 aliphatic carbocycles. The van der Waals surface area contributed by atoms with Gasteiger partial charge >= 0.3 is 0 Å². The molecule has 0 saturated heterocycles. The number of hydrogen-bond acceptors (Lipinski definition) is 4. The molecule has 134 valence electrons. The van der Waals surface area contributed by atoms with Crippen LogP contribution in [0.25, 0.3) is 0 Å². The van der Waals surface area contributed by atoms with Crippen LogP contribution in [0.3, 0.4) is 0 Å². The summed E-state index contributed by atoms with van der Waals surface area (Å²) in [6.45, 7) is 4.15. The third-order valence-electron chi connectivity index (χ3n) is 3.65. The molecule has 0 spiro atoms. The van der Waals surface area contributed by atoms with Crippen molar-refractivity contribution in [3.05, 3.63) is 64.1 Å². The van der Waals surface area contributed by atoms with Gasteiger partial charge in [-0.15, -0.1) is 0 Å². The van der Waals surface area contributed by atoms with Crippen molar-refractivity contribution in [2.45, 2.75) is 32.7 Å². The van der Waals surface area contributed by atoms with E-state index in [9.17, 15) is 10.1 Å². The van der Waals surface area contributed by atoms with Gasteiger partial charge in [-0.25, -0.2) is 4.99 Å². The Hall–Kier alpha value is -2.83. The minimum absolute atomic E-state index is 0.133. The van der Waals surface area contributed by atoms with E-state index in [4.69, 9.17) is 4.42 Å². The summed E-state index contributed by atoms with van der Waals surface area (Å²) >= 11 is 0. The van der Waals surface area contributed by atoms with Crippen molar-refractivity contribution >= 4 is 11.6 Å². The Morgan fingerprint density at radius 3 is 2.64 bits per heavy atom. The zero-order valence-electron chi connectivity index (χ0n) is 14.4. The predicted octanol–water partition coefficient (Wildman–Crippen LogP) is 3.27. The van der Waals surface area contributed by atoms with Crippen molar-refractivity contribution in [1.82, 2.24) is 10.6 Å². The summed E-state index contributed by atoms with van der Waals surface area (Å²) in [7, 11) is 0. The Morgan fingerprint density at radius 1 is 1.20 bits per heavy atom. The number of furan rings is 1. The van der Waals surface area contributed by atoms with Crippen LogP contribution in [0.15, 0.2) is 52.1 Å². The van der Waals surface area contributed by atoms with E-state index >= 15 is 0 Å². The average molecular weight is 344 g/mol. The smallest absolute Gasteiger partial charge is 0.269 e. The van der Waals surface area contributed by atoms with E-state index in [-0.39, 0.29) is 10.6 Å². The lowest BCUT2D eigenvalue weighted by molar-refractivity contribution is -0.384. The molecular weight excluding hydrogens is 320 g/mol. The zero-order chi connectivity index (χ0) is 17.9. The van der Waals surface area contributed by atoms with Crippen LogP contribution >= 0.6 is 0 Å². The summed E-state index contributed by atoms with van der Waals surface area (Å²) in [5.41, 5.74) is 1.25. The molecule has 0 atom stereocenters. The second-order valence-electron chi connectivity index (χ2n) is 5.58. The molecule has 2 aromatic rings. The summed E-state index contributed by atoms with van der Waals surface area (Å²) in [5.74, 6) is 1.60. The highest BCUT2D eigenvalue weighted by Crippen LogP contribution is 2.13. The molecule has 1 aromatic heterocycles. The van der Waals surface area contributed by atoms with E-state index in [1.807, 2.05) is 31.2 Å². The van der Waals surface area contributed by atoms with Gasteiger partial charge in [0.2, 0.25) is 0 Å². The number of aliphatic imine (C=N–C) groups is 1. The third kappa shape index (κ3) is 6.66. The summed E-state index contributed by atoms with van der Waals surface area (Å²) in [6, 6.07) is 10.5. The fourth-order valence-electron chi connectivity index (χ4n) is 2.35. The van der Waals surface area contributed by atoms with Crippen molar-refractivity contribution in [3.8, 4) is 0 Å². The number of benzene rings is 1. The number of nitrogens with one attached hydrogen (secondary N) is 2. The third-order valence-corrected chi connectivity index (χ3v) is 3.65. The van der Waals surface area contributed by atoms with E-state index in [1.54, 1.807) is 18.4 Å². The van der Waals surface area contributed by atoms with Gasteiger partial charge in [0.15, 0.2) is 5.96 Å². The molecule has 0 amide bonds. The number of unbranched alkanes of at least 4 members (excludes halogenated alkanes) is 1. The van der Waals surface area contributed by atoms with Crippen LogP contribution < -0.4 is 10.6 Å². The fraction of sp³-hybridized carbons (Fsp3) is 0.389. The molecular formula is C18H24N4O3. The molecule has 0 bridgehead atoms. The lowest BCUT2D eigenvalue weighted by atomic mass is 10.1. The molecule has 0 unspecified atom stereocenters. The second-order valence-corrected chi connectivity index (χ2v) is 5.58. The number of guanidine groups is 1. The number of nitro benzene ring substituents is 1. The molecule has 0 fully saturated rings. The Bertz CT molecular complexity index is 666. The highest BCUT2D eigenvalue weighted by atomic mass is 16.6. The van der Waals surface area contributed by atoms with Crippen molar-refractivity contribution in [3.63, 3.8) is 0 Å². The van der Waals surface area contributed by atoms with Crippen LogP contribution in [0.2, 0.25) is 0 Å². The van der Waals surface area contributed by atoms with Crippen LogP contribution in [0.5, 0.6) is 0 Å². The van der Waals surface area contributed by atoms with Crippen LogP contribution in [0, 0.1) is 10.1 Å². The standard InChI is InChI=1S/C18H24N4O3/c1-2-19-18(21-14-17-7-5-13-25-17)20-12-4-3-6-15-8-10-16(11-9-15)22(23)24/h5,7-11,13H,2-4,6,12,14H2,1H3,(H2,19,20,21). The van der Waals surface area contributed by atoms with Crippen molar-refractivity contribution in [2.24, 2.45) is 4.99 Å². The van der Waals surface area contributed by atoms with Crippen LogP contribution in [-0.4, -0.2) is 24.0 Å². The first-order chi connectivity index (χ1) is 12.2. The molecule has 2 N–H and O–H groups in total. The first-order valence-electron chi connectivity index (χ1n) is 8.47. The molecule has 0 radical (unpaired) electrons. The van der Waals surface area contributed by atoms with Crippen molar-refractivity contribution in [1.29, 1.82) is 0 Å². The maximum absolute atomic E-state index is 10.6. The monoisotopic (exact) mass is 344 g/mol. The van der Waals surface area contributed by atoms with Gasteiger partial charge in [0, 0.05) is 25.2 Å². The van der Waals surface area contributed by atoms with Crippen molar-refractivity contribution < 1.29 is 9.34 Å². The molecule has 2 rings (SSSR count). The lowest BCUT2D eigenvalue weighted by Gasteiger charge is -2.10. The van der Waals surface area contributed by atoms with Gasteiger partial charge in [0.25, 0.3) is 5.69 Å². The van der Waals surface area contributed by atoms with Gasteiger partial charge < -0.3 is 15.1 Å². The van der Waals surface area contributed by atoms with E-state index in [1.165, 1.54) is 0 Å². The molecule has 1 aromatic carbocycles. The number of rotatable bonds is 9. The maximum Gasteiger partial charge on any atom is 0.269 e. The van der Waals surface area contributed by atoms with E-state index in [0.717, 1.165) is 49.6 Å².